The van der Waals surface area contributed by atoms with Gasteiger partial charge in [0.15, 0.2) is 0 Å². The first-order valence-corrected chi connectivity index (χ1v) is 7.77. The zero-order valence-electron chi connectivity index (χ0n) is 11.0. The summed E-state index contributed by atoms with van der Waals surface area (Å²) in [5.41, 5.74) is -1.64. The van der Waals surface area contributed by atoms with E-state index in [9.17, 15) is 22.7 Å². The third-order valence-electron chi connectivity index (χ3n) is 3.13. The molecule has 0 bridgehead atoms. The monoisotopic (exact) mass is 323 g/mol. The summed E-state index contributed by atoms with van der Waals surface area (Å²) in [5, 5.41) is 9.05. The number of nitrogens with one attached hydrogen (secondary N) is 1. The van der Waals surface area contributed by atoms with E-state index in [2.05, 4.69) is 4.72 Å². The zero-order chi connectivity index (χ0) is 15.6. The summed E-state index contributed by atoms with van der Waals surface area (Å²) in [6, 6.07) is 2.87. The first kappa shape index (κ1) is 16.9. The van der Waals surface area contributed by atoms with E-state index in [4.69, 9.17) is 11.6 Å². The number of rotatable bonds is 6. The Bertz CT molecular complexity index is 614. The van der Waals surface area contributed by atoms with E-state index in [0.717, 1.165) is 18.2 Å². The Morgan fingerprint density at radius 2 is 1.95 bits per heavy atom. The number of carboxylic acids is 1. The second kappa shape index (κ2) is 6.07. The van der Waals surface area contributed by atoms with E-state index >= 15 is 0 Å². The van der Waals surface area contributed by atoms with E-state index < -0.39 is 32.2 Å². The Morgan fingerprint density at radius 1 is 1.40 bits per heavy atom. The van der Waals surface area contributed by atoms with Crippen molar-refractivity contribution >= 4 is 27.6 Å². The van der Waals surface area contributed by atoms with E-state index in [1.807, 2.05) is 0 Å². The molecule has 0 unspecified atom stereocenters. The molecule has 0 fully saturated rings. The molecular formula is C12H15ClFNO4S. The molecule has 1 aromatic carbocycles. The molecule has 0 aliphatic rings. The van der Waals surface area contributed by atoms with Crippen LogP contribution in [0.3, 0.4) is 0 Å². The van der Waals surface area contributed by atoms with Gasteiger partial charge in [-0.05, 0) is 31.0 Å². The molecule has 112 valence electrons. The third kappa shape index (κ3) is 3.28. The standard InChI is InChI=1S/C12H15ClFNO4S/c1-3-12(4-2,11(16)17)15-20(18,19)10-7-8(14)5-6-9(10)13/h5-7,15H,3-4H2,1-2H3,(H,16,17). The van der Waals surface area contributed by atoms with Crippen LogP contribution in [0.15, 0.2) is 23.1 Å². The Morgan fingerprint density at radius 3 is 2.40 bits per heavy atom. The highest BCUT2D eigenvalue weighted by Gasteiger charge is 2.39. The van der Waals surface area contributed by atoms with Gasteiger partial charge in [0.05, 0.1) is 5.02 Å². The highest BCUT2D eigenvalue weighted by Crippen LogP contribution is 2.25. The minimum atomic E-state index is -4.24. The maximum atomic E-state index is 13.2. The van der Waals surface area contributed by atoms with Crippen molar-refractivity contribution in [3.8, 4) is 0 Å². The van der Waals surface area contributed by atoms with Gasteiger partial charge in [-0.2, -0.15) is 4.72 Å². The van der Waals surface area contributed by atoms with Crippen LogP contribution in [-0.4, -0.2) is 25.0 Å². The topological polar surface area (TPSA) is 83.5 Å². The fourth-order valence-corrected chi connectivity index (χ4v) is 3.75. The van der Waals surface area contributed by atoms with Gasteiger partial charge in [0.1, 0.15) is 16.3 Å². The molecule has 0 radical (unpaired) electrons. The first-order valence-electron chi connectivity index (χ1n) is 5.91. The minimum absolute atomic E-state index is 0.0466. The normalized spacial score (nSPS) is 12.4. The highest BCUT2D eigenvalue weighted by atomic mass is 35.5. The lowest BCUT2D eigenvalue weighted by molar-refractivity contribution is -0.144. The van der Waals surface area contributed by atoms with E-state index in [1.165, 1.54) is 0 Å². The minimum Gasteiger partial charge on any atom is -0.480 e. The van der Waals surface area contributed by atoms with Gasteiger partial charge < -0.3 is 5.11 Å². The van der Waals surface area contributed by atoms with Crippen LogP contribution in [0.25, 0.3) is 0 Å². The summed E-state index contributed by atoms with van der Waals surface area (Å²) in [5.74, 6) is -2.07. The number of hydrogen-bond acceptors (Lipinski definition) is 3. The molecule has 0 atom stereocenters. The van der Waals surface area contributed by atoms with Gasteiger partial charge in [0.2, 0.25) is 10.0 Å². The van der Waals surface area contributed by atoms with Crippen LogP contribution in [-0.2, 0) is 14.8 Å². The SMILES string of the molecule is CCC(CC)(NS(=O)(=O)c1cc(F)ccc1Cl)C(=O)O. The maximum Gasteiger partial charge on any atom is 0.324 e. The summed E-state index contributed by atoms with van der Waals surface area (Å²) >= 11 is 5.74. The van der Waals surface area contributed by atoms with Gasteiger partial charge in [-0.3, -0.25) is 4.79 Å². The van der Waals surface area contributed by atoms with Crippen LogP contribution < -0.4 is 4.72 Å². The quantitative estimate of drug-likeness (QED) is 0.842. The van der Waals surface area contributed by atoms with Crippen molar-refractivity contribution in [1.82, 2.24) is 4.72 Å². The van der Waals surface area contributed by atoms with Crippen LogP contribution >= 0.6 is 11.6 Å². The summed E-state index contributed by atoms with van der Waals surface area (Å²) in [6.07, 6.45) is 0.0933. The van der Waals surface area contributed by atoms with Gasteiger partial charge in [-0.15, -0.1) is 0 Å². The van der Waals surface area contributed by atoms with Crippen LogP contribution in [0.1, 0.15) is 26.7 Å². The number of benzene rings is 1. The fraction of sp³-hybridized carbons (Fsp3) is 0.417. The molecule has 1 rings (SSSR count). The summed E-state index contributed by atoms with van der Waals surface area (Å²) in [6.45, 7) is 3.10. The molecule has 0 aromatic heterocycles. The molecule has 20 heavy (non-hydrogen) atoms. The molecule has 5 nitrogen and oxygen atoms in total. The molecule has 0 amide bonds. The number of carboxylic acid groups (broad SMARTS) is 1. The van der Waals surface area contributed by atoms with Crippen LogP contribution in [0.4, 0.5) is 4.39 Å². The van der Waals surface area contributed by atoms with Crippen molar-refractivity contribution in [3.63, 3.8) is 0 Å². The average Bonchev–Trinajstić information content (AvgIpc) is 2.38. The van der Waals surface area contributed by atoms with Crippen molar-refractivity contribution in [1.29, 1.82) is 0 Å². The lowest BCUT2D eigenvalue weighted by Gasteiger charge is -2.27. The van der Waals surface area contributed by atoms with Gasteiger partial charge >= 0.3 is 5.97 Å². The number of hydrogen-bond donors (Lipinski definition) is 2. The van der Waals surface area contributed by atoms with Crippen molar-refractivity contribution in [3.05, 3.63) is 29.0 Å². The van der Waals surface area contributed by atoms with Crippen LogP contribution in [0, 0.1) is 5.82 Å². The summed E-state index contributed by atoms with van der Waals surface area (Å²) in [7, 11) is -4.24. The molecule has 2 N–H and O–H groups in total. The van der Waals surface area contributed by atoms with E-state index in [0.29, 0.717) is 0 Å². The van der Waals surface area contributed by atoms with Gasteiger partial charge in [0, 0.05) is 0 Å². The predicted molar refractivity (Wildman–Crippen MR) is 72.7 cm³/mol. The van der Waals surface area contributed by atoms with Crippen LogP contribution in [0.5, 0.6) is 0 Å². The van der Waals surface area contributed by atoms with E-state index in [-0.39, 0.29) is 17.9 Å². The average molecular weight is 324 g/mol. The maximum absolute atomic E-state index is 13.2. The Labute approximate surface area is 121 Å². The van der Waals surface area contributed by atoms with Gasteiger partial charge in [0.25, 0.3) is 0 Å². The molecular weight excluding hydrogens is 309 g/mol. The first-order chi connectivity index (χ1) is 9.18. The lowest BCUT2D eigenvalue weighted by Crippen LogP contribution is -2.53. The van der Waals surface area contributed by atoms with Gasteiger partial charge in [-0.1, -0.05) is 25.4 Å². The van der Waals surface area contributed by atoms with Crippen molar-refractivity contribution < 1.29 is 22.7 Å². The smallest absolute Gasteiger partial charge is 0.324 e. The predicted octanol–water partition coefficient (Wildman–Crippen LogP) is 2.40. The van der Waals surface area contributed by atoms with Crippen molar-refractivity contribution in [2.45, 2.75) is 37.1 Å². The molecule has 0 aliphatic heterocycles. The number of carbonyl (C=O) groups is 1. The van der Waals surface area contributed by atoms with Crippen molar-refractivity contribution in [2.75, 3.05) is 0 Å². The van der Waals surface area contributed by atoms with Gasteiger partial charge in [-0.25, -0.2) is 12.8 Å². The van der Waals surface area contributed by atoms with Crippen molar-refractivity contribution in [2.24, 2.45) is 0 Å². The molecule has 0 heterocycles. The number of halogens is 2. The molecule has 1 aromatic rings. The van der Waals surface area contributed by atoms with Crippen LogP contribution in [0.2, 0.25) is 5.02 Å². The Kier molecular flexibility index (Phi) is 5.12. The summed E-state index contributed by atoms with van der Waals surface area (Å²) < 4.78 is 39.7. The largest absolute Gasteiger partial charge is 0.480 e. The highest BCUT2D eigenvalue weighted by molar-refractivity contribution is 7.89. The number of aliphatic carboxylic acids is 1. The summed E-state index contributed by atoms with van der Waals surface area (Å²) in [4.78, 5) is 10.8. The Balaban J connectivity index is 3.30. The molecule has 0 saturated heterocycles. The lowest BCUT2D eigenvalue weighted by atomic mass is 9.95. The number of sulfonamides is 1. The second-order valence-electron chi connectivity index (χ2n) is 4.27. The second-order valence-corrected chi connectivity index (χ2v) is 6.33. The molecule has 8 heteroatoms. The third-order valence-corrected chi connectivity index (χ3v) is 5.15. The molecule has 0 spiro atoms. The fourth-order valence-electron chi connectivity index (χ4n) is 1.74. The van der Waals surface area contributed by atoms with E-state index in [1.54, 1.807) is 13.8 Å². The molecule has 0 saturated carbocycles. The molecule has 0 aliphatic carbocycles. The Hall–Kier alpha value is -1.18. The zero-order valence-corrected chi connectivity index (χ0v) is 12.6.